The molecular weight excluding hydrogens is 383 g/mol. The van der Waals surface area contributed by atoms with Crippen molar-refractivity contribution in [2.45, 2.75) is 44.4 Å². The van der Waals surface area contributed by atoms with Crippen LogP contribution in [0.15, 0.2) is 48.5 Å². The van der Waals surface area contributed by atoms with Crippen molar-refractivity contribution < 1.29 is 19.0 Å². The molecule has 0 bridgehead atoms. The molecule has 2 aromatic carbocycles. The largest absolute Gasteiger partial charge is 0.489 e. The molecule has 0 aromatic heterocycles. The van der Waals surface area contributed by atoms with Gasteiger partial charge in [0.1, 0.15) is 18.2 Å². The summed E-state index contributed by atoms with van der Waals surface area (Å²) < 4.78 is 18.7. The summed E-state index contributed by atoms with van der Waals surface area (Å²) in [7, 11) is 0. The van der Waals surface area contributed by atoms with Crippen LogP contribution in [0.25, 0.3) is 0 Å². The maximum absolute atomic E-state index is 13.0. The van der Waals surface area contributed by atoms with E-state index >= 15 is 0 Å². The van der Waals surface area contributed by atoms with E-state index in [-0.39, 0.29) is 17.8 Å². The zero-order valence-electron chi connectivity index (χ0n) is 17.1. The summed E-state index contributed by atoms with van der Waals surface area (Å²) in [5.74, 6) is 0.973. The van der Waals surface area contributed by atoms with E-state index in [9.17, 15) is 14.3 Å². The quantitative estimate of drug-likeness (QED) is 0.732. The minimum absolute atomic E-state index is 0.183. The highest BCUT2D eigenvalue weighted by Gasteiger charge is 2.30. The van der Waals surface area contributed by atoms with Crippen LogP contribution in [0.2, 0.25) is 0 Å². The van der Waals surface area contributed by atoms with Crippen LogP contribution in [0, 0.1) is 11.7 Å². The highest BCUT2D eigenvalue weighted by atomic mass is 19.1. The van der Waals surface area contributed by atoms with Gasteiger partial charge in [-0.3, -0.25) is 4.79 Å². The molecule has 1 aliphatic heterocycles. The van der Waals surface area contributed by atoms with Crippen molar-refractivity contribution in [3.63, 3.8) is 0 Å². The second-order valence-electron chi connectivity index (χ2n) is 8.43. The standard InChI is InChI=1S/C24H29FN2O3/c25-20-9-5-18(6-10-20)16-30-21-11-7-19(8-12-21)24(29)26-22-15-27(14-17-3-4-17)13-1-2-23(22)28/h5-12,17,22-23,28H,1-4,13-16H2,(H,26,29)/t22-,23-/m1/s1. The molecule has 2 N–H and O–H groups in total. The number of hydrogen-bond donors (Lipinski definition) is 2. The number of nitrogens with zero attached hydrogens (tertiary/aromatic N) is 1. The van der Waals surface area contributed by atoms with Crippen LogP contribution < -0.4 is 10.1 Å². The van der Waals surface area contributed by atoms with Crippen LogP contribution in [-0.4, -0.2) is 47.7 Å². The Balaban J connectivity index is 1.31. The van der Waals surface area contributed by atoms with E-state index in [1.54, 1.807) is 36.4 Å². The van der Waals surface area contributed by atoms with E-state index < -0.39 is 6.10 Å². The van der Waals surface area contributed by atoms with Crippen molar-refractivity contribution in [3.05, 3.63) is 65.5 Å². The topological polar surface area (TPSA) is 61.8 Å². The lowest BCUT2D eigenvalue weighted by Gasteiger charge is -2.27. The number of carbonyl (C=O) groups is 1. The fourth-order valence-electron chi connectivity index (χ4n) is 3.89. The van der Waals surface area contributed by atoms with Crippen molar-refractivity contribution in [2.75, 3.05) is 19.6 Å². The number of carbonyl (C=O) groups excluding carboxylic acids is 1. The summed E-state index contributed by atoms with van der Waals surface area (Å²) in [4.78, 5) is 15.1. The number of aliphatic hydroxyl groups excluding tert-OH is 1. The molecule has 2 aromatic rings. The van der Waals surface area contributed by atoms with Gasteiger partial charge in [-0.1, -0.05) is 12.1 Å². The summed E-state index contributed by atoms with van der Waals surface area (Å²) in [6, 6.07) is 12.9. The average molecular weight is 413 g/mol. The van der Waals surface area contributed by atoms with Gasteiger partial charge in [-0.05, 0) is 80.1 Å². The number of benzene rings is 2. The molecule has 4 rings (SSSR count). The van der Waals surface area contributed by atoms with Crippen molar-refractivity contribution in [1.29, 1.82) is 0 Å². The predicted octanol–water partition coefficient (Wildman–Crippen LogP) is 3.37. The average Bonchev–Trinajstić information content (AvgIpc) is 3.58. The van der Waals surface area contributed by atoms with Gasteiger partial charge in [0.25, 0.3) is 5.91 Å². The Labute approximate surface area is 176 Å². The number of amides is 1. The Morgan fingerprint density at radius 3 is 2.53 bits per heavy atom. The molecule has 2 aliphatic rings. The minimum atomic E-state index is -0.517. The second kappa shape index (κ2) is 9.58. The minimum Gasteiger partial charge on any atom is -0.489 e. The third kappa shape index (κ3) is 5.80. The van der Waals surface area contributed by atoms with Gasteiger partial charge in [-0.2, -0.15) is 0 Å². The lowest BCUT2D eigenvalue weighted by atomic mass is 10.1. The zero-order chi connectivity index (χ0) is 20.9. The van der Waals surface area contributed by atoms with E-state index in [0.29, 0.717) is 30.9 Å². The molecule has 0 unspecified atom stereocenters. The first-order chi connectivity index (χ1) is 14.6. The van der Waals surface area contributed by atoms with Gasteiger partial charge in [0.05, 0.1) is 12.1 Å². The molecule has 1 aliphatic carbocycles. The molecule has 1 amide bonds. The summed E-state index contributed by atoms with van der Waals surface area (Å²) in [5.41, 5.74) is 1.41. The molecular formula is C24H29FN2O3. The first-order valence-electron chi connectivity index (χ1n) is 10.8. The first-order valence-corrected chi connectivity index (χ1v) is 10.8. The Kier molecular flexibility index (Phi) is 6.65. The highest BCUT2D eigenvalue weighted by molar-refractivity contribution is 5.94. The molecule has 30 heavy (non-hydrogen) atoms. The summed E-state index contributed by atoms with van der Waals surface area (Å²) in [6.07, 6.45) is 3.75. The number of aliphatic hydroxyl groups is 1. The zero-order valence-corrected chi connectivity index (χ0v) is 17.1. The lowest BCUT2D eigenvalue weighted by molar-refractivity contribution is 0.0799. The highest BCUT2D eigenvalue weighted by Crippen LogP contribution is 2.30. The maximum atomic E-state index is 13.0. The van der Waals surface area contributed by atoms with Gasteiger partial charge in [0, 0.05) is 18.7 Å². The number of halogens is 1. The van der Waals surface area contributed by atoms with Crippen LogP contribution in [-0.2, 0) is 6.61 Å². The van der Waals surface area contributed by atoms with Crippen LogP contribution in [0.5, 0.6) is 5.75 Å². The van der Waals surface area contributed by atoms with Gasteiger partial charge < -0.3 is 20.1 Å². The Morgan fingerprint density at radius 2 is 1.83 bits per heavy atom. The molecule has 0 radical (unpaired) electrons. The second-order valence-corrected chi connectivity index (χ2v) is 8.43. The molecule has 2 fully saturated rings. The summed E-state index contributed by atoms with van der Waals surface area (Å²) >= 11 is 0. The third-order valence-corrected chi connectivity index (χ3v) is 5.86. The van der Waals surface area contributed by atoms with Crippen molar-refractivity contribution in [2.24, 2.45) is 5.92 Å². The lowest BCUT2D eigenvalue weighted by Crippen LogP contribution is -2.49. The number of rotatable bonds is 7. The van der Waals surface area contributed by atoms with E-state index in [4.69, 9.17) is 4.74 Å². The van der Waals surface area contributed by atoms with Gasteiger partial charge in [0.2, 0.25) is 0 Å². The number of hydrogen-bond acceptors (Lipinski definition) is 4. The van der Waals surface area contributed by atoms with E-state index in [1.807, 2.05) is 0 Å². The molecule has 5 nitrogen and oxygen atoms in total. The van der Waals surface area contributed by atoms with E-state index in [0.717, 1.165) is 31.0 Å². The van der Waals surface area contributed by atoms with Gasteiger partial charge in [-0.15, -0.1) is 0 Å². The number of ether oxygens (including phenoxy) is 1. The Bertz CT molecular complexity index is 837. The molecule has 0 spiro atoms. The van der Waals surface area contributed by atoms with Gasteiger partial charge in [0.15, 0.2) is 0 Å². The van der Waals surface area contributed by atoms with Crippen molar-refractivity contribution in [1.82, 2.24) is 10.2 Å². The molecule has 1 saturated heterocycles. The smallest absolute Gasteiger partial charge is 0.251 e. The van der Waals surface area contributed by atoms with E-state index in [2.05, 4.69) is 10.2 Å². The van der Waals surface area contributed by atoms with Crippen LogP contribution in [0.1, 0.15) is 41.6 Å². The first kappa shape index (κ1) is 20.8. The van der Waals surface area contributed by atoms with Gasteiger partial charge in [-0.25, -0.2) is 4.39 Å². The molecule has 2 atom stereocenters. The van der Waals surface area contributed by atoms with Gasteiger partial charge >= 0.3 is 0 Å². The van der Waals surface area contributed by atoms with Crippen molar-refractivity contribution in [3.8, 4) is 5.75 Å². The summed E-state index contributed by atoms with van der Waals surface area (Å²) in [6.45, 7) is 3.08. The SMILES string of the molecule is O=C(N[C@@H]1CN(CC2CC2)CCC[C@H]1O)c1ccc(OCc2ccc(F)cc2)cc1. The van der Waals surface area contributed by atoms with Crippen LogP contribution >= 0.6 is 0 Å². The fraction of sp³-hybridized carbons (Fsp3) is 0.458. The van der Waals surface area contributed by atoms with Crippen LogP contribution in [0.3, 0.4) is 0 Å². The Morgan fingerprint density at radius 1 is 1.10 bits per heavy atom. The molecule has 160 valence electrons. The molecule has 1 saturated carbocycles. The predicted molar refractivity (Wildman–Crippen MR) is 113 cm³/mol. The monoisotopic (exact) mass is 412 g/mol. The summed E-state index contributed by atoms with van der Waals surface area (Å²) in [5, 5.41) is 13.5. The molecule has 6 heteroatoms. The maximum Gasteiger partial charge on any atom is 0.251 e. The van der Waals surface area contributed by atoms with Crippen molar-refractivity contribution >= 4 is 5.91 Å². The number of nitrogens with one attached hydrogen (secondary N) is 1. The number of likely N-dealkylation sites (tertiary alicyclic amines) is 1. The fourth-order valence-corrected chi connectivity index (χ4v) is 3.89. The van der Waals surface area contributed by atoms with E-state index in [1.165, 1.54) is 25.0 Å². The Hall–Kier alpha value is -2.44. The third-order valence-electron chi connectivity index (χ3n) is 5.86. The van der Waals surface area contributed by atoms with Crippen LogP contribution in [0.4, 0.5) is 4.39 Å². The molecule has 1 heterocycles. The normalized spacial score (nSPS) is 22.3.